The molecule has 104 valence electrons. The Balaban J connectivity index is 0.000000873. The molecule has 0 atom stereocenters. The maximum absolute atomic E-state index is 12.3. The van der Waals surface area contributed by atoms with Crippen LogP contribution in [0.1, 0.15) is 25.0 Å². The first-order valence-corrected chi connectivity index (χ1v) is 5.60. The average molecular weight is 264 g/mol. The highest BCUT2D eigenvalue weighted by atomic mass is 19.3. The second-order valence-electron chi connectivity index (χ2n) is 4.15. The fraction of sp³-hybridized carbons (Fsp3) is 0.538. The van der Waals surface area contributed by atoms with E-state index in [0.29, 0.717) is 18.3 Å². The van der Waals surface area contributed by atoms with Crippen molar-refractivity contribution in [3.63, 3.8) is 0 Å². The van der Waals surface area contributed by atoms with Gasteiger partial charge in [-0.2, -0.15) is 0 Å². The maximum atomic E-state index is 12.3. The van der Waals surface area contributed by atoms with E-state index in [1.165, 1.54) is 0 Å². The van der Waals surface area contributed by atoms with Gasteiger partial charge in [0.1, 0.15) is 0 Å². The Bertz CT molecular complexity index is 330. The topological polar surface area (TPSA) is 18.5 Å². The molecule has 0 saturated carbocycles. The molecule has 0 saturated heterocycles. The summed E-state index contributed by atoms with van der Waals surface area (Å²) < 4.78 is 36.5. The van der Waals surface area contributed by atoms with Crippen LogP contribution in [0, 0.1) is 5.92 Å². The van der Waals surface area contributed by atoms with Gasteiger partial charge in [-0.25, -0.2) is 8.78 Å². The summed E-state index contributed by atoms with van der Waals surface area (Å²) in [6, 6.07) is 5.51. The zero-order valence-corrected chi connectivity index (χ0v) is 10.9. The largest absolute Gasteiger partial charge is 0.380 e. The van der Waals surface area contributed by atoms with Crippen LogP contribution in [-0.2, 0) is 17.8 Å². The van der Waals surface area contributed by atoms with Crippen molar-refractivity contribution in [3.8, 4) is 5.75 Å². The number of halogens is 3. The summed E-state index contributed by atoms with van der Waals surface area (Å²) in [4.78, 5) is 3.88. The van der Waals surface area contributed by atoms with Crippen molar-refractivity contribution < 1.29 is 23.0 Å². The quantitative estimate of drug-likeness (QED) is 0.794. The normalized spacial score (nSPS) is 9.94. The van der Waals surface area contributed by atoms with Crippen molar-refractivity contribution in [1.29, 1.82) is 0 Å². The van der Waals surface area contributed by atoms with Crippen molar-refractivity contribution in [2.45, 2.75) is 26.9 Å². The van der Waals surface area contributed by atoms with E-state index in [1.54, 1.807) is 13.2 Å². The molecule has 0 N–H and O–H groups in total. The molecule has 0 aliphatic carbocycles. The minimum atomic E-state index is -1.75. The molecule has 0 unspecified atom stereocenters. The average Bonchev–Trinajstić information content (AvgIpc) is 2.32. The Kier molecular flexibility index (Phi) is 9.10. The van der Waals surface area contributed by atoms with Gasteiger partial charge in [0, 0.05) is 11.6 Å². The molecular weight excluding hydrogens is 245 g/mol. The third-order valence-corrected chi connectivity index (χ3v) is 2.15. The molecule has 0 bridgehead atoms. The highest BCUT2D eigenvalue weighted by molar-refractivity contribution is 5.37. The lowest BCUT2D eigenvalue weighted by atomic mass is 10.0. The van der Waals surface area contributed by atoms with E-state index in [1.807, 2.05) is 12.1 Å². The van der Waals surface area contributed by atoms with Crippen LogP contribution in [-0.4, -0.2) is 14.0 Å². The zero-order valence-electron chi connectivity index (χ0n) is 10.9. The number of hydrogen-bond acceptors (Lipinski definition) is 2. The van der Waals surface area contributed by atoms with E-state index in [2.05, 4.69) is 18.8 Å². The van der Waals surface area contributed by atoms with Gasteiger partial charge in [0.2, 0.25) is 6.93 Å². The van der Waals surface area contributed by atoms with Crippen LogP contribution in [0.25, 0.3) is 0 Å². The van der Waals surface area contributed by atoms with E-state index in [4.69, 9.17) is 4.74 Å². The molecule has 1 rings (SSSR count). The first kappa shape index (κ1) is 16.8. The Morgan fingerprint density at radius 3 is 2.28 bits per heavy atom. The summed E-state index contributed by atoms with van der Waals surface area (Å²) in [6.45, 7) is 2.90. The minimum absolute atomic E-state index is 0.304. The lowest BCUT2D eigenvalue weighted by Gasteiger charge is -2.09. The molecule has 0 aromatic heterocycles. The molecule has 18 heavy (non-hydrogen) atoms. The molecule has 0 radical (unpaired) electrons. The van der Waals surface area contributed by atoms with Gasteiger partial charge in [-0.3, -0.25) is 4.94 Å². The summed E-state index contributed by atoms with van der Waals surface area (Å²) >= 11 is 0. The Labute approximate surface area is 106 Å². The third-order valence-electron chi connectivity index (χ3n) is 2.15. The van der Waals surface area contributed by atoms with Gasteiger partial charge in [-0.15, -0.1) is 0 Å². The van der Waals surface area contributed by atoms with Crippen LogP contribution < -0.4 is 4.94 Å². The van der Waals surface area contributed by atoms with Crippen molar-refractivity contribution in [2.24, 2.45) is 5.92 Å². The molecule has 5 heteroatoms. The Morgan fingerprint density at radius 1 is 1.22 bits per heavy atom. The van der Waals surface area contributed by atoms with Crippen molar-refractivity contribution in [3.05, 3.63) is 29.3 Å². The van der Waals surface area contributed by atoms with Crippen molar-refractivity contribution in [1.82, 2.24) is 0 Å². The number of rotatable bonds is 5. The molecule has 0 aliphatic rings. The SMILES string of the molecule is COCc1ccc(CC(C)C)c(OF)c1.FCF. The second kappa shape index (κ2) is 9.76. The van der Waals surface area contributed by atoms with Crippen LogP contribution in [0.3, 0.4) is 0 Å². The highest BCUT2D eigenvalue weighted by Crippen LogP contribution is 2.24. The van der Waals surface area contributed by atoms with Gasteiger partial charge in [0.15, 0.2) is 5.75 Å². The Hall–Kier alpha value is -1.23. The van der Waals surface area contributed by atoms with Crippen LogP contribution >= 0.6 is 0 Å². The number of alkyl halides is 2. The van der Waals surface area contributed by atoms with Gasteiger partial charge in [-0.05, 0) is 29.5 Å². The van der Waals surface area contributed by atoms with Gasteiger partial charge in [0.25, 0.3) is 0 Å². The Morgan fingerprint density at radius 2 is 1.83 bits per heavy atom. The lowest BCUT2D eigenvalue weighted by molar-refractivity contribution is -0.00769. The molecular formula is C13H19F3O2. The summed E-state index contributed by atoms with van der Waals surface area (Å²) in [5.41, 5.74) is 1.81. The summed E-state index contributed by atoms with van der Waals surface area (Å²) in [5, 5.41) is 0. The molecule has 2 nitrogen and oxygen atoms in total. The van der Waals surface area contributed by atoms with Crippen LogP contribution in [0.5, 0.6) is 5.75 Å². The highest BCUT2D eigenvalue weighted by Gasteiger charge is 2.08. The summed E-state index contributed by atoms with van der Waals surface area (Å²) in [6.07, 6.45) is 0.812. The molecule has 0 spiro atoms. The van der Waals surface area contributed by atoms with Gasteiger partial charge in [0.05, 0.1) is 6.61 Å². The van der Waals surface area contributed by atoms with Crippen LogP contribution in [0.15, 0.2) is 18.2 Å². The number of ether oxygens (including phenoxy) is 1. The second-order valence-corrected chi connectivity index (χ2v) is 4.15. The van der Waals surface area contributed by atoms with Crippen LogP contribution in [0.4, 0.5) is 13.3 Å². The van der Waals surface area contributed by atoms with E-state index in [-0.39, 0.29) is 0 Å². The number of methoxy groups -OCH3 is 1. The number of hydrogen-bond donors (Lipinski definition) is 0. The van der Waals surface area contributed by atoms with E-state index in [9.17, 15) is 13.3 Å². The molecule has 0 aliphatic heterocycles. The standard InChI is InChI=1S/C12H17FO2.CH2F2/c1-9(2)6-11-5-4-10(8-14-3)7-12(11)15-13;2-1-3/h4-5,7,9H,6,8H2,1-3H3;1H2. The molecule has 1 aromatic carbocycles. The van der Waals surface area contributed by atoms with E-state index < -0.39 is 6.93 Å². The minimum Gasteiger partial charge on any atom is -0.380 e. The van der Waals surface area contributed by atoms with Crippen molar-refractivity contribution in [2.75, 3.05) is 14.0 Å². The first-order chi connectivity index (χ1) is 8.58. The maximum Gasteiger partial charge on any atom is 0.229 e. The predicted octanol–water partition coefficient (Wildman–Crippen LogP) is 4.18. The number of benzene rings is 1. The van der Waals surface area contributed by atoms with Gasteiger partial charge in [-0.1, -0.05) is 26.0 Å². The fourth-order valence-electron chi connectivity index (χ4n) is 1.54. The molecule has 0 amide bonds. The van der Waals surface area contributed by atoms with Gasteiger partial charge >= 0.3 is 0 Å². The predicted molar refractivity (Wildman–Crippen MR) is 64.5 cm³/mol. The van der Waals surface area contributed by atoms with Gasteiger partial charge < -0.3 is 4.74 Å². The van der Waals surface area contributed by atoms with Crippen LogP contribution in [0.2, 0.25) is 0 Å². The zero-order chi connectivity index (χ0) is 14.0. The lowest BCUT2D eigenvalue weighted by Crippen LogP contribution is -1.98. The molecule has 1 aromatic rings. The van der Waals surface area contributed by atoms with E-state index >= 15 is 0 Å². The monoisotopic (exact) mass is 264 g/mol. The molecule has 0 fully saturated rings. The first-order valence-electron chi connectivity index (χ1n) is 5.60. The fourth-order valence-corrected chi connectivity index (χ4v) is 1.54. The third kappa shape index (κ3) is 6.49. The summed E-state index contributed by atoms with van der Waals surface area (Å²) in [7, 11) is 1.61. The summed E-state index contributed by atoms with van der Waals surface area (Å²) in [5.74, 6) is 0.783. The van der Waals surface area contributed by atoms with Crippen molar-refractivity contribution >= 4 is 0 Å². The molecule has 0 heterocycles. The van der Waals surface area contributed by atoms with E-state index in [0.717, 1.165) is 17.5 Å². The smallest absolute Gasteiger partial charge is 0.229 e.